The van der Waals surface area contributed by atoms with E-state index in [2.05, 4.69) is 37.8 Å². The molecule has 0 atom stereocenters. The molecule has 2 rings (SSSR count). The molecular weight excluding hydrogens is 194 g/mol. The summed E-state index contributed by atoms with van der Waals surface area (Å²) >= 11 is 0. The molecule has 0 unspecified atom stereocenters. The van der Waals surface area contributed by atoms with Crippen LogP contribution in [0.15, 0.2) is 12.1 Å². The highest BCUT2D eigenvalue weighted by molar-refractivity contribution is 5.58. The fourth-order valence-electron chi connectivity index (χ4n) is 2.72. The van der Waals surface area contributed by atoms with Crippen molar-refractivity contribution in [2.24, 2.45) is 0 Å². The molecule has 0 amide bonds. The van der Waals surface area contributed by atoms with E-state index >= 15 is 0 Å². The lowest BCUT2D eigenvalue weighted by atomic mass is 9.98. The van der Waals surface area contributed by atoms with Crippen LogP contribution in [0.5, 0.6) is 0 Å². The minimum absolute atomic E-state index is 1.15. The summed E-state index contributed by atoms with van der Waals surface area (Å²) in [5.41, 5.74) is 5.94. The molecule has 0 aromatic heterocycles. The normalized spacial score (nSPS) is 16.6. The summed E-state index contributed by atoms with van der Waals surface area (Å²) in [6.45, 7) is 9.26. The van der Waals surface area contributed by atoms with Crippen LogP contribution < -0.4 is 4.90 Å². The lowest BCUT2D eigenvalue weighted by molar-refractivity contribution is 0.577. The smallest absolute Gasteiger partial charge is 0.0398 e. The zero-order chi connectivity index (χ0) is 11.5. The van der Waals surface area contributed by atoms with Gasteiger partial charge in [0.25, 0.3) is 0 Å². The van der Waals surface area contributed by atoms with Gasteiger partial charge in [-0.3, -0.25) is 0 Å². The molecule has 1 aliphatic heterocycles. The first-order valence-corrected chi connectivity index (χ1v) is 6.58. The maximum Gasteiger partial charge on any atom is 0.0398 e. The van der Waals surface area contributed by atoms with Gasteiger partial charge in [-0.1, -0.05) is 13.0 Å². The molecule has 1 aliphatic rings. The van der Waals surface area contributed by atoms with Crippen molar-refractivity contribution in [2.75, 3.05) is 18.0 Å². The number of anilines is 1. The van der Waals surface area contributed by atoms with Crippen LogP contribution in [0.1, 0.15) is 42.9 Å². The fraction of sp³-hybridized carbons (Fsp3) is 0.600. The summed E-state index contributed by atoms with van der Waals surface area (Å²) in [5, 5.41) is 0. The van der Waals surface area contributed by atoms with Gasteiger partial charge in [-0.25, -0.2) is 0 Å². The molecule has 0 N–H and O–H groups in total. The van der Waals surface area contributed by atoms with Crippen molar-refractivity contribution in [1.82, 2.24) is 0 Å². The first kappa shape index (κ1) is 11.5. The van der Waals surface area contributed by atoms with Gasteiger partial charge in [-0.05, 0) is 62.3 Å². The Morgan fingerprint density at radius 1 is 1.00 bits per heavy atom. The minimum Gasteiger partial charge on any atom is -0.371 e. The number of hydrogen-bond acceptors (Lipinski definition) is 1. The molecule has 88 valence electrons. The molecule has 1 nitrogen and oxygen atoms in total. The Bertz CT molecular complexity index is 362. The highest BCUT2D eigenvalue weighted by Crippen LogP contribution is 2.28. The van der Waals surface area contributed by atoms with Gasteiger partial charge in [-0.2, -0.15) is 0 Å². The van der Waals surface area contributed by atoms with Gasteiger partial charge in [0.2, 0.25) is 0 Å². The maximum atomic E-state index is 2.56. The molecule has 16 heavy (non-hydrogen) atoms. The van der Waals surface area contributed by atoms with E-state index in [9.17, 15) is 0 Å². The van der Waals surface area contributed by atoms with Crippen LogP contribution in [0, 0.1) is 13.8 Å². The van der Waals surface area contributed by atoms with Gasteiger partial charge < -0.3 is 4.90 Å². The van der Waals surface area contributed by atoms with Crippen LogP contribution in [-0.4, -0.2) is 13.1 Å². The van der Waals surface area contributed by atoms with Crippen LogP contribution in [0.3, 0.4) is 0 Å². The number of aryl methyl sites for hydroxylation is 1. The van der Waals surface area contributed by atoms with Gasteiger partial charge in [0.05, 0.1) is 0 Å². The standard InChI is InChI=1S/C15H23N/c1-4-14-8-9-15(13(3)12(14)2)16-10-6-5-7-11-16/h8-9H,4-7,10-11H2,1-3H3. The van der Waals surface area contributed by atoms with Crippen LogP contribution in [0.25, 0.3) is 0 Å². The quantitative estimate of drug-likeness (QED) is 0.727. The summed E-state index contributed by atoms with van der Waals surface area (Å²) in [5.74, 6) is 0. The highest BCUT2D eigenvalue weighted by atomic mass is 15.1. The second-order valence-corrected chi connectivity index (χ2v) is 4.90. The van der Waals surface area contributed by atoms with Gasteiger partial charge in [-0.15, -0.1) is 0 Å². The Kier molecular flexibility index (Phi) is 3.52. The van der Waals surface area contributed by atoms with Crippen LogP contribution in [-0.2, 0) is 6.42 Å². The first-order chi connectivity index (χ1) is 7.74. The summed E-state index contributed by atoms with van der Waals surface area (Å²) in [6, 6.07) is 4.64. The molecule has 1 fully saturated rings. The Morgan fingerprint density at radius 2 is 1.69 bits per heavy atom. The molecule has 0 saturated carbocycles. The van der Waals surface area contributed by atoms with E-state index in [1.165, 1.54) is 54.7 Å². The Morgan fingerprint density at radius 3 is 2.31 bits per heavy atom. The summed E-state index contributed by atoms with van der Waals surface area (Å²) in [7, 11) is 0. The lowest BCUT2D eigenvalue weighted by Crippen LogP contribution is -2.30. The number of benzene rings is 1. The maximum absolute atomic E-state index is 2.56. The van der Waals surface area contributed by atoms with Gasteiger partial charge in [0.15, 0.2) is 0 Å². The molecule has 0 bridgehead atoms. The first-order valence-electron chi connectivity index (χ1n) is 6.58. The number of piperidine rings is 1. The summed E-state index contributed by atoms with van der Waals surface area (Å²) in [6.07, 6.45) is 5.26. The van der Waals surface area contributed by atoms with E-state index in [0.717, 1.165) is 6.42 Å². The zero-order valence-corrected chi connectivity index (χ0v) is 10.8. The number of nitrogens with zero attached hydrogens (tertiary/aromatic N) is 1. The van der Waals surface area contributed by atoms with Crippen molar-refractivity contribution in [2.45, 2.75) is 46.5 Å². The Hall–Kier alpha value is -0.980. The number of rotatable bonds is 2. The second-order valence-electron chi connectivity index (χ2n) is 4.90. The van der Waals surface area contributed by atoms with E-state index in [-0.39, 0.29) is 0 Å². The van der Waals surface area contributed by atoms with E-state index in [1.807, 2.05) is 0 Å². The SMILES string of the molecule is CCc1ccc(N2CCCCC2)c(C)c1C. The predicted molar refractivity (Wildman–Crippen MR) is 71.4 cm³/mol. The molecule has 1 aromatic rings. The van der Waals surface area contributed by atoms with Crippen molar-refractivity contribution >= 4 is 5.69 Å². The summed E-state index contributed by atoms with van der Waals surface area (Å²) < 4.78 is 0. The fourth-order valence-corrected chi connectivity index (χ4v) is 2.72. The predicted octanol–water partition coefficient (Wildman–Crippen LogP) is 3.86. The van der Waals surface area contributed by atoms with Crippen molar-refractivity contribution in [3.8, 4) is 0 Å². The lowest BCUT2D eigenvalue weighted by Gasteiger charge is -2.31. The average Bonchev–Trinajstić information content (AvgIpc) is 2.34. The molecule has 0 aliphatic carbocycles. The topological polar surface area (TPSA) is 3.24 Å². The Labute approximate surface area is 99.5 Å². The van der Waals surface area contributed by atoms with E-state index in [1.54, 1.807) is 0 Å². The van der Waals surface area contributed by atoms with Crippen molar-refractivity contribution in [1.29, 1.82) is 0 Å². The van der Waals surface area contributed by atoms with E-state index < -0.39 is 0 Å². The molecule has 1 heterocycles. The zero-order valence-electron chi connectivity index (χ0n) is 10.8. The van der Waals surface area contributed by atoms with Gasteiger partial charge >= 0.3 is 0 Å². The molecule has 1 saturated heterocycles. The highest BCUT2D eigenvalue weighted by Gasteiger charge is 2.14. The molecular formula is C15H23N. The average molecular weight is 217 g/mol. The third-order valence-corrected chi connectivity index (χ3v) is 3.95. The molecule has 1 heteroatoms. The van der Waals surface area contributed by atoms with Crippen molar-refractivity contribution in [3.05, 3.63) is 28.8 Å². The summed E-state index contributed by atoms with van der Waals surface area (Å²) in [4.78, 5) is 2.56. The molecule has 0 spiro atoms. The third kappa shape index (κ3) is 2.09. The minimum atomic E-state index is 1.15. The monoisotopic (exact) mass is 217 g/mol. The largest absolute Gasteiger partial charge is 0.371 e. The van der Waals surface area contributed by atoms with Gasteiger partial charge in [0.1, 0.15) is 0 Å². The third-order valence-electron chi connectivity index (χ3n) is 3.95. The van der Waals surface area contributed by atoms with Crippen LogP contribution in [0.2, 0.25) is 0 Å². The van der Waals surface area contributed by atoms with E-state index in [0.29, 0.717) is 0 Å². The van der Waals surface area contributed by atoms with Gasteiger partial charge in [0, 0.05) is 18.8 Å². The van der Waals surface area contributed by atoms with Crippen molar-refractivity contribution < 1.29 is 0 Å². The van der Waals surface area contributed by atoms with Crippen LogP contribution >= 0.6 is 0 Å². The molecule has 1 aromatic carbocycles. The van der Waals surface area contributed by atoms with Crippen molar-refractivity contribution in [3.63, 3.8) is 0 Å². The second kappa shape index (κ2) is 4.90. The number of hydrogen-bond donors (Lipinski definition) is 0. The van der Waals surface area contributed by atoms with Crippen LogP contribution in [0.4, 0.5) is 5.69 Å². The Balaban J connectivity index is 2.30. The van der Waals surface area contributed by atoms with E-state index in [4.69, 9.17) is 0 Å². The molecule has 0 radical (unpaired) electrons.